The van der Waals surface area contributed by atoms with Crippen LogP contribution in [0.3, 0.4) is 0 Å². The van der Waals surface area contributed by atoms with Crippen LogP contribution in [-0.2, 0) is 41.8 Å². The van der Waals surface area contributed by atoms with Crippen LogP contribution in [0, 0.1) is 0 Å². The average molecular weight is 567 g/mol. The van der Waals surface area contributed by atoms with Gasteiger partial charge in [-0.15, -0.1) is 0 Å². The van der Waals surface area contributed by atoms with Crippen molar-refractivity contribution in [2.75, 3.05) is 0 Å². The van der Waals surface area contributed by atoms with E-state index in [0.29, 0.717) is 0 Å². The van der Waals surface area contributed by atoms with Crippen LogP contribution >= 0.6 is 0 Å². The molecule has 0 spiro atoms. The number of aliphatic carboxylic acids is 1. The second-order valence-corrected chi connectivity index (χ2v) is 26.0. The summed E-state index contributed by atoms with van der Waals surface area (Å²) in [5.74, 6) is -0.981. The van der Waals surface area contributed by atoms with Crippen LogP contribution in [-0.4, -0.2) is 84.4 Å². The first-order valence-corrected chi connectivity index (χ1v) is 26.7. The zero-order valence-electron chi connectivity index (χ0n) is 18.8. The molecule has 0 saturated carbocycles. The summed E-state index contributed by atoms with van der Waals surface area (Å²) in [5, 5.41) is 7.60. The lowest BCUT2D eigenvalue weighted by atomic mass is 10.7. The van der Waals surface area contributed by atoms with E-state index < -0.39 is 79.3 Å². The van der Waals surface area contributed by atoms with Crippen LogP contribution < -0.4 is 0 Å². The first-order valence-electron chi connectivity index (χ1n) is 9.64. The van der Waals surface area contributed by atoms with Gasteiger partial charge in [-0.05, 0) is 39.3 Å². The number of carboxylic acids is 1. The van der Waals surface area contributed by atoms with Gasteiger partial charge in [0.15, 0.2) is 0 Å². The van der Waals surface area contributed by atoms with Crippen molar-refractivity contribution in [2.24, 2.45) is 0 Å². The minimum absolute atomic E-state index is 0.833. The molecule has 2 rings (SSSR count). The highest BCUT2D eigenvalue weighted by Crippen LogP contribution is 2.26. The van der Waals surface area contributed by atoms with E-state index in [9.17, 15) is 4.79 Å². The fraction of sp³-hybridized carbons (Fsp3) is 0.727. The Kier molecular flexibility index (Phi) is 12.1. The van der Waals surface area contributed by atoms with E-state index in [1.807, 2.05) is 52.4 Å². The molecule has 0 amide bonds. The van der Waals surface area contributed by atoms with E-state index in [2.05, 4.69) is 6.58 Å². The zero-order valence-corrected chi connectivity index (χ0v) is 27.7. The number of carbonyl (C=O) groups is 1. The van der Waals surface area contributed by atoms with Gasteiger partial charge >= 0.3 is 60.7 Å². The van der Waals surface area contributed by atoms with Crippen LogP contribution in [0.5, 0.6) is 0 Å². The summed E-state index contributed by atoms with van der Waals surface area (Å²) in [6.07, 6.45) is 0.833. The van der Waals surface area contributed by atoms with Crippen LogP contribution in [0.25, 0.3) is 0 Å². The summed E-state index contributed by atoms with van der Waals surface area (Å²) < 4.78 is 54.8. The van der Waals surface area contributed by atoms with Gasteiger partial charge in [0.05, 0.1) is 0 Å². The molecule has 2 aliphatic heterocycles. The second-order valence-electron chi connectivity index (χ2n) is 6.79. The maximum atomic E-state index is 9.25. The molecular weight excluding hydrogens is 533 g/mol. The first kappa shape index (κ1) is 28.6. The molecule has 0 bridgehead atoms. The third-order valence-electron chi connectivity index (χ3n) is 3.60. The van der Waals surface area contributed by atoms with Gasteiger partial charge in [0.2, 0.25) is 0 Å². The van der Waals surface area contributed by atoms with Gasteiger partial charge in [-0.3, -0.25) is 0 Å². The average Bonchev–Trinajstić information content (AvgIpc) is 2.50. The third-order valence-corrected chi connectivity index (χ3v) is 31.0. The highest BCUT2D eigenvalue weighted by Gasteiger charge is 2.52. The predicted molar refractivity (Wildman–Crippen MR) is 129 cm³/mol. The lowest BCUT2D eigenvalue weighted by molar-refractivity contribution is -0.131. The van der Waals surface area contributed by atoms with Crippen LogP contribution in [0.15, 0.2) is 12.7 Å². The van der Waals surface area contributed by atoms with E-state index in [4.69, 9.17) is 42.1 Å². The lowest BCUT2D eigenvalue weighted by Gasteiger charge is -2.42. The Morgan fingerprint density at radius 3 is 1.17 bits per heavy atom. The molecule has 2 aliphatic rings. The van der Waals surface area contributed by atoms with Crippen LogP contribution in [0.4, 0.5) is 0 Å². The summed E-state index contributed by atoms with van der Waals surface area (Å²) in [5.41, 5.74) is 0. The van der Waals surface area contributed by atoms with E-state index in [0.717, 1.165) is 6.08 Å². The molecular formula is C11H34O11Si8. The van der Waals surface area contributed by atoms with Crippen molar-refractivity contribution in [2.45, 2.75) is 52.4 Å². The molecule has 0 aromatic carbocycles. The molecule has 30 heavy (non-hydrogen) atoms. The summed E-state index contributed by atoms with van der Waals surface area (Å²) in [4.78, 5) is 9.25. The zero-order chi connectivity index (χ0) is 23.1. The minimum atomic E-state index is -3.00. The molecule has 11 nitrogen and oxygen atoms in total. The molecule has 0 aliphatic carbocycles. The van der Waals surface area contributed by atoms with Crippen LogP contribution in [0.2, 0.25) is 52.4 Å². The predicted octanol–water partition coefficient (Wildman–Crippen LogP) is -0.341. The summed E-state index contributed by atoms with van der Waals surface area (Å²) in [7, 11) is -16.9. The number of rotatable bonds is 3. The Morgan fingerprint density at radius 1 is 0.733 bits per heavy atom. The number of carboxylic acid groups (broad SMARTS) is 1. The monoisotopic (exact) mass is 566 g/mol. The normalized spacial score (nSPS) is 43.1. The highest BCUT2D eigenvalue weighted by atomic mass is 28.5. The third kappa shape index (κ3) is 10.9. The van der Waals surface area contributed by atoms with Crippen molar-refractivity contribution in [3.63, 3.8) is 0 Å². The molecule has 0 aromatic rings. The SMILES string of the molecule is C=CC(=O)O.C[SiH]1O[SiH](C)O[Si](C)(O[Si]2(C)O[SiH](C)O[SiH](C)O[SiH](C)O2)O[SiH](C)O1. The fourth-order valence-electron chi connectivity index (χ4n) is 2.95. The summed E-state index contributed by atoms with van der Waals surface area (Å²) >= 11 is 0. The van der Waals surface area contributed by atoms with Crippen LogP contribution in [0.1, 0.15) is 0 Å². The van der Waals surface area contributed by atoms with E-state index in [1.54, 1.807) is 0 Å². The van der Waals surface area contributed by atoms with E-state index in [1.165, 1.54) is 0 Å². The van der Waals surface area contributed by atoms with Crippen molar-refractivity contribution >= 4 is 79.3 Å². The standard InChI is InChI=1S/C8H30O9Si8.C3H4O2/c1-18-9-20(3)13-24(7,14-21(4)10-18)17-25(8)15-22(5)11-19(2)12-23(6)16-25;1-2-3(4)5/h18-23H,1-8H3;2H,1H2,(H,4,5). The quantitative estimate of drug-likeness (QED) is 0.357. The van der Waals surface area contributed by atoms with Gasteiger partial charge < -0.3 is 42.1 Å². The van der Waals surface area contributed by atoms with Gasteiger partial charge in [-0.2, -0.15) is 0 Å². The van der Waals surface area contributed by atoms with Crippen molar-refractivity contribution in [1.82, 2.24) is 0 Å². The van der Waals surface area contributed by atoms with E-state index >= 15 is 0 Å². The topological polar surface area (TPSA) is 120 Å². The smallest absolute Gasteiger partial charge is 0.472 e. The van der Waals surface area contributed by atoms with Gasteiger partial charge in [0.1, 0.15) is 0 Å². The van der Waals surface area contributed by atoms with Crippen molar-refractivity contribution in [3.8, 4) is 0 Å². The molecule has 1 N–H and O–H groups in total. The van der Waals surface area contributed by atoms with Gasteiger partial charge in [-0.25, -0.2) is 4.79 Å². The van der Waals surface area contributed by atoms with Crippen molar-refractivity contribution < 1.29 is 46.9 Å². The Bertz CT molecular complexity index is 507. The first-order chi connectivity index (χ1) is 13.8. The molecule has 0 radical (unpaired) electrons. The molecule has 4 unspecified atom stereocenters. The molecule has 2 heterocycles. The van der Waals surface area contributed by atoms with Crippen molar-refractivity contribution in [1.29, 1.82) is 0 Å². The molecule has 0 aromatic heterocycles. The molecule has 19 heteroatoms. The second kappa shape index (κ2) is 12.7. The van der Waals surface area contributed by atoms with Crippen molar-refractivity contribution in [3.05, 3.63) is 12.7 Å². The minimum Gasteiger partial charge on any atom is -0.478 e. The molecule has 2 saturated heterocycles. The number of hydrogen-bond acceptors (Lipinski definition) is 10. The molecule has 2 fully saturated rings. The molecule has 4 atom stereocenters. The Labute approximate surface area is 191 Å². The van der Waals surface area contributed by atoms with E-state index in [-0.39, 0.29) is 0 Å². The number of hydrogen-bond donors (Lipinski definition) is 1. The highest BCUT2D eigenvalue weighted by molar-refractivity contribution is 6.86. The Hall–Kier alpha value is 0.585. The van der Waals surface area contributed by atoms with Gasteiger partial charge in [-0.1, -0.05) is 6.58 Å². The summed E-state index contributed by atoms with van der Waals surface area (Å²) in [6.45, 7) is 18.6. The maximum Gasteiger partial charge on any atom is 0.472 e. The largest absolute Gasteiger partial charge is 0.478 e. The lowest BCUT2D eigenvalue weighted by Crippen LogP contribution is -2.64. The van der Waals surface area contributed by atoms with Gasteiger partial charge in [0.25, 0.3) is 18.6 Å². The Balaban J connectivity index is 0.000000804. The maximum absolute atomic E-state index is 9.25. The molecule has 176 valence electrons. The Morgan fingerprint density at radius 2 is 0.967 bits per heavy atom. The fourth-order valence-corrected chi connectivity index (χ4v) is 32.4. The van der Waals surface area contributed by atoms with Gasteiger partial charge in [0, 0.05) is 19.2 Å². The summed E-state index contributed by atoms with van der Waals surface area (Å²) in [6, 6.07) is 0.